The van der Waals surface area contributed by atoms with E-state index in [-0.39, 0.29) is 31.1 Å². The highest BCUT2D eigenvalue weighted by Gasteiger charge is 2.19. The average molecular weight is 877 g/mol. The molecule has 6 heteroatoms. The first-order chi connectivity index (χ1) is 30.5. The quantitative estimate of drug-likeness (QED) is 0.0344. The predicted molar refractivity (Wildman–Crippen MR) is 266 cm³/mol. The van der Waals surface area contributed by atoms with E-state index in [1.165, 1.54) is 225 Å². The summed E-state index contributed by atoms with van der Waals surface area (Å²) in [5.41, 5.74) is 0. The summed E-state index contributed by atoms with van der Waals surface area (Å²) in [6.45, 7) is 6.59. The summed E-state index contributed by atoms with van der Waals surface area (Å²) >= 11 is 0. The molecule has 6 nitrogen and oxygen atoms in total. The van der Waals surface area contributed by atoms with Gasteiger partial charge in [0.05, 0.1) is 0 Å². The van der Waals surface area contributed by atoms with Gasteiger partial charge in [0.2, 0.25) is 0 Å². The number of rotatable bonds is 52. The first-order valence-electron chi connectivity index (χ1n) is 28.0. The van der Waals surface area contributed by atoms with E-state index in [1.54, 1.807) is 0 Å². The van der Waals surface area contributed by atoms with Crippen molar-refractivity contribution in [2.24, 2.45) is 0 Å². The zero-order valence-electron chi connectivity index (χ0n) is 42.2. The Balaban J connectivity index is 3.81. The van der Waals surface area contributed by atoms with Crippen molar-refractivity contribution in [1.82, 2.24) is 0 Å². The van der Waals surface area contributed by atoms with Crippen LogP contribution in [-0.2, 0) is 28.6 Å². The lowest BCUT2D eigenvalue weighted by atomic mass is 10.0. The molecule has 0 saturated heterocycles. The molecule has 0 heterocycles. The van der Waals surface area contributed by atoms with Gasteiger partial charge in [-0.05, 0) is 19.3 Å². The molecule has 0 fully saturated rings. The van der Waals surface area contributed by atoms with Crippen LogP contribution in [0.4, 0.5) is 0 Å². The van der Waals surface area contributed by atoms with Crippen LogP contribution in [0.5, 0.6) is 0 Å². The molecule has 0 aromatic heterocycles. The maximum absolute atomic E-state index is 12.6. The standard InChI is InChI=1S/C56H108O6/c1-4-7-10-13-16-18-19-20-21-22-23-24-25-26-27-28-29-30-31-32-33-34-35-36-37-38-39-41-43-46-49-55(58)61-52-53(51-60-54(57)48-45-42-15-12-9-6-3)62-56(59)50-47-44-40-17-14-11-8-5-2/h53H,4-52H2,1-3H3. The van der Waals surface area contributed by atoms with Crippen molar-refractivity contribution < 1.29 is 28.6 Å². The molecule has 0 aromatic carbocycles. The third kappa shape index (κ3) is 49.4. The number of carbonyl (C=O) groups is 3. The summed E-state index contributed by atoms with van der Waals surface area (Å²) in [6, 6.07) is 0. The Labute approximate surface area is 387 Å². The summed E-state index contributed by atoms with van der Waals surface area (Å²) in [4.78, 5) is 37.5. The van der Waals surface area contributed by atoms with E-state index in [0.717, 1.165) is 57.8 Å². The predicted octanol–water partition coefficient (Wildman–Crippen LogP) is 18.4. The highest BCUT2D eigenvalue weighted by Crippen LogP contribution is 2.18. The van der Waals surface area contributed by atoms with E-state index >= 15 is 0 Å². The van der Waals surface area contributed by atoms with Gasteiger partial charge in [-0.3, -0.25) is 14.4 Å². The molecule has 1 atom stereocenters. The van der Waals surface area contributed by atoms with Crippen molar-refractivity contribution in [3.8, 4) is 0 Å². The van der Waals surface area contributed by atoms with Crippen LogP contribution in [0.15, 0.2) is 0 Å². The number of carbonyl (C=O) groups excluding carboxylic acids is 3. The molecule has 0 aromatic rings. The van der Waals surface area contributed by atoms with Gasteiger partial charge in [-0.15, -0.1) is 0 Å². The number of esters is 3. The van der Waals surface area contributed by atoms with Crippen LogP contribution >= 0.6 is 0 Å². The molecule has 0 spiro atoms. The molecule has 0 bridgehead atoms. The fourth-order valence-corrected chi connectivity index (χ4v) is 8.62. The summed E-state index contributed by atoms with van der Waals surface area (Å²) in [7, 11) is 0. The molecule has 0 radical (unpaired) electrons. The van der Waals surface area contributed by atoms with Crippen LogP contribution in [0.2, 0.25) is 0 Å². The summed E-state index contributed by atoms with van der Waals surface area (Å²) in [5.74, 6) is -0.861. The fraction of sp³-hybridized carbons (Fsp3) is 0.946. The minimum atomic E-state index is -0.757. The van der Waals surface area contributed by atoms with Crippen molar-refractivity contribution in [3.05, 3.63) is 0 Å². The smallest absolute Gasteiger partial charge is 0.306 e. The van der Waals surface area contributed by atoms with Gasteiger partial charge in [0, 0.05) is 19.3 Å². The van der Waals surface area contributed by atoms with Crippen molar-refractivity contribution in [2.45, 2.75) is 329 Å². The Morgan fingerprint density at radius 3 is 0.645 bits per heavy atom. The topological polar surface area (TPSA) is 78.9 Å². The molecule has 0 rings (SSSR count). The second-order valence-electron chi connectivity index (χ2n) is 19.2. The number of ether oxygens (including phenoxy) is 3. The zero-order valence-corrected chi connectivity index (χ0v) is 42.2. The third-order valence-corrected chi connectivity index (χ3v) is 12.9. The van der Waals surface area contributed by atoms with Gasteiger partial charge < -0.3 is 14.2 Å². The minimum absolute atomic E-state index is 0.0636. The lowest BCUT2D eigenvalue weighted by Crippen LogP contribution is -2.30. The lowest BCUT2D eigenvalue weighted by molar-refractivity contribution is -0.167. The van der Waals surface area contributed by atoms with E-state index in [1.807, 2.05) is 0 Å². The average Bonchev–Trinajstić information content (AvgIpc) is 3.27. The first-order valence-corrected chi connectivity index (χ1v) is 28.0. The monoisotopic (exact) mass is 877 g/mol. The molecular weight excluding hydrogens is 769 g/mol. The van der Waals surface area contributed by atoms with Gasteiger partial charge in [0.15, 0.2) is 6.10 Å². The maximum Gasteiger partial charge on any atom is 0.306 e. The van der Waals surface area contributed by atoms with Gasteiger partial charge in [-0.1, -0.05) is 284 Å². The van der Waals surface area contributed by atoms with Crippen LogP contribution < -0.4 is 0 Å². The molecule has 0 aliphatic carbocycles. The fourth-order valence-electron chi connectivity index (χ4n) is 8.62. The van der Waals surface area contributed by atoms with Crippen molar-refractivity contribution in [2.75, 3.05) is 13.2 Å². The molecule has 368 valence electrons. The highest BCUT2D eigenvalue weighted by atomic mass is 16.6. The molecular formula is C56H108O6. The van der Waals surface area contributed by atoms with E-state index in [0.29, 0.717) is 19.3 Å². The van der Waals surface area contributed by atoms with Gasteiger partial charge in [0.25, 0.3) is 0 Å². The summed E-state index contributed by atoms with van der Waals surface area (Å²) in [5, 5.41) is 0. The second-order valence-corrected chi connectivity index (χ2v) is 19.2. The van der Waals surface area contributed by atoms with Gasteiger partial charge in [0.1, 0.15) is 13.2 Å². The lowest BCUT2D eigenvalue weighted by Gasteiger charge is -2.18. The van der Waals surface area contributed by atoms with Crippen LogP contribution in [0.1, 0.15) is 323 Å². The maximum atomic E-state index is 12.6. The third-order valence-electron chi connectivity index (χ3n) is 12.9. The molecule has 0 aliphatic heterocycles. The summed E-state index contributed by atoms with van der Waals surface area (Å²) < 4.78 is 16.6. The van der Waals surface area contributed by atoms with Crippen LogP contribution in [0.25, 0.3) is 0 Å². The van der Waals surface area contributed by atoms with E-state index in [4.69, 9.17) is 14.2 Å². The van der Waals surface area contributed by atoms with Gasteiger partial charge in [-0.25, -0.2) is 0 Å². The Hall–Kier alpha value is -1.59. The molecule has 62 heavy (non-hydrogen) atoms. The second kappa shape index (κ2) is 52.0. The SMILES string of the molecule is CCCCCCCCCCCCCCCCCCCCCCCCCCCCCCCCC(=O)OCC(COC(=O)CCCCCCCC)OC(=O)CCCCCCCCCC. The number of hydrogen-bond donors (Lipinski definition) is 0. The van der Waals surface area contributed by atoms with Crippen LogP contribution in [-0.4, -0.2) is 37.2 Å². The Morgan fingerprint density at radius 1 is 0.258 bits per heavy atom. The zero-order chi connectivity index (χ0) is 45.1. The van der Waals surface area contributed by atoms with Crippen molar-refractivity contribution in [3.63, 3.8) is 0 Å². The van der Waals surface area contributed by atoms with E-state index in [2.05, 4.69) is 20.8 Å². The van der Waals surface area contributed by atoms with E-state index < -0.39 is 6.10 Å². The summed E-state index contributed by atoms with van der Waals surface area (Å²) in [6.07, 6.45) is 57.4. The van der Waals surface area contributed by atoms with Gasteiger partial charge >= 0.3 is 17.9 Å². The minimum Gasteiger partial charge on any atom is -0.462 e. The molecule has 1 unspecified atom stereocenters. The Kier molecular flexibility index (Phi) is 50.7. The van der Waals surface area contributed by atoms with Crippen molar-refractivity contribution in [1.29, 1.82) is 0 Å². The van der Waals surface area contributed by atoms with Crippen LogP contribution in [0, 0.1) is 0 Å². The molecule has 0 saturated carbocycles. The number of hydrogen-bond acceptors (Lipinski definition) is 6. The van der Waals surface area contributed by atoms with E-state index in [9.17, 15) is 14.4 Å². The van der Waals surface area contributed by atoms with Crippen LogP contribution in [0.3, 0.4) is 0 Å². The van der Waals surface area contributed by atoms with Crippen molar-refractivity contribution >= 4 is 17.9 Å². The largest absolute Gasteiger partial charge is 0.462 e. The Bertz CT molecular complexity index is 920. The highest BCUT2D eigenvalue weighted by molar-refractivity contribution is 5.71. The Morgan fingerprint density at radius 2 is 0.435 bits per heavy atom. The molecule has 0 amide bonds. The molecule has 0 N–H and O–H groups in total. The van der Waals surface area contributed by atoms with Gasteiger partial charge in [-0.2, -0.15) is 0 Å². The molecule has 0 aliphatic rings. The number of unbranched alkanes of at least 4 members (excludes halogenated alkanes) is 41. The first kappa shape index (κ1) is 60.4. The normalized spacial score (nSPS) is 11.9.